The topological polar surface area (TPSA) is 36.1 Å². The standard InChI is InChI=1S/C8H23N3Si/c1-7(2,3)11-8(6-12,9-4)10-5/h9-11H,6H2,1-5,12H3. The van der Waals surface area contributed by atoms with E-state index in [4.69, 9.17) is 0 Å². The Bertz CT molecular complexity index is 118. The third kappa shape index (κ3) is 3.67. The molecule has 0 saturated heterocycles. The second-order valence-electron chi connectivity index (χ2n) is 4.13. The fourth-order valence-corrected chi connectivity index (χ4v) is 2.22. The van der Waals surface area contributed by atoms with Crippen molar-refractivity contribution < 1.29 is 0 Å². The van der Waals surface area contributed by atoms with Gasteiger partial charge in [-0.3, -0.25) is 16.0 Å². The predicted octanol–water partition coefficient (Wildman–Crippen LogP) is -0.749. The molecule has 0 atom stereocenters. The Kier molecular flexibility index (Phi) is 4.40. The van der Waals surface area contributed by atoms with Crippen LogP contribution in [0.2, 0.25) is 6.04 Å². The molecule has 0 aliphatic heterocycles. The van der Waals surface area contributed by atoms with Gasteiger partial charge in [-0.25, -0.2) is 0 Å². The Hall–Kier alpha value is 0.0969. The maximum atomic E-state index is 3.53. The molecule has 3 N–H and O–H groups in total. The van der Waals surface area contributed by atoms with Crippen molar-refractivity contribution in [2.45, 2.75) is 38.1 Å². The predicted molar refractivity (Wildman–Crippen MR) is 58.5 cm³/mol. The SMILES string of the molecule is CNC(C[SiH3])(NC)NC(C)(C)C. The lowest BCUT2D eigenvalue weighted by atomic mass is 10.1. The maximum Gasteiger partial charge on any atom is 0.120 e. The molecule has 12 heavy (non-hydrogen) atoms. The molecule has 0 fully saturated rings. The maximum absolute atomic E-state index is 3.53. The zero-order valence-electron chi connectivity index (χ0n) is 9.21. The van der Waals surface area contributed by atoms with Crippen LogP contribution in [0.5, 0.6) is 0 Å². The van der Waals surface area contributed by atoms with Gasteiger partial charge >= 0.3 is 0 Å². The molecule has 0 unspecified atom stereocenters. The van der Waals surface area contributed by atoms with Crippen molar-refractivity contribution in [2.24, 2.45) is 0 Å². The zero-order valence-corrected chi connectivity index (χ0v) is 11.2. The highest BCUT2D eigenvalue weighted by Gasteiger charge is 2.27. The molecule has 0 saturated carbocycles. The molecule has 0 spiro atoms. The van der Waals surface area contributed by atoms with E-state index in [1.807, 2.05) is 14.1 Å². The van der Waals surface area contributed by atoms with E-state index in [9.17, 15) is 0 Å². The van der Waals surface area contributed by atoms with Gasteiger partial charge in [0, 0.05) is 15.8 Å². The van der Waals surface area contributed by atoms with Crippen LogP contribution >= 0.6 is 0 Å². The van der Waals surface area contributed by atoms with E-state index in [-0.39, 0.29) is 11.3 Å². The van der Waals surface area contributed by atoms with E-state index in [1.54, 1.807) is 0 Å². The van der Waals surface area contributed by atoms with Crippen LogP contribution in [-0.2, 0) is 0 Å². The highest BCUT2D eigenvalue weighted by Crippen LogP contribution is 2.07. The van der Waals surface area contributed by atoms with E-state index >= 15 is 0 Å². The van der Waals surface area contributed by atoms with Crippen molar-refractivity contribution in [2.75, 3.05) is 14.1 Å². The monoisotopic (exact) mass is 189 g/mol. The molecule has 0 rings (SSSR count). The summed E-state index contributed by atoms with van der Waals surface area (Å²) in [6.45, 7) is 6.52. The molecule has 0 aliphatic carbocycles. The molecular weight excluding hydrogens is 166 g/mol. The van der Waals surface area contributed by atoms with Crippen LogP contribution in [0.25, 0.3) is 0 Å². The van der Waals surface area contributed by atoms with Gasteiger partial charge in [-0.2, -0.15) is 0 Å². The van der Waals surface area contributed by atoms with Crippen LogP contribution in [-0.4, -0.2) is 35.7 Å². The first kappa shape index (κ1) is 12.1. The molecule has 74 valence electrons. The minimum Gasteiger partial charge on any atom is -0.290 e. The van der Waals surface area contributed by atoms with Gasteiger partial charge in [-0.15, -0.1) is 0 Å². The Labute approximate surface area is 79.1 Å². The van der Waals surface area contributed by atoms with Gasteiger partial charge in [0.05, 0.1) is 0 Å². The quantitative estimate of drug-likeness (QED) is 0.402. The lowest BCUT2D eigenvalue weighted by Gasteiger charge is -2.39. The van der Waals surface area contributed by atoms with Crippen molar-refractivity contribution in [3.8, 4) is 0 Å². The zero-order chi connectivity index (χ0) is 9.83. The van der Waals surface area contributed by atoms with Crippen LogP contribution in [0.4, 0.5) is 0 Å². The van der Waals surface area contributed by atoms with Crippen molar-refractivity contribution in [3.63, 3.8) is 0 Å². The number of rotatable bonds is 4. The summed E-state index contributed by atoms with van der Waals surface area (Å²) in [7, 11) is 5.13. The molecule has 0 aromatic carbocycles. The second kappa shape index (κ2) is 4.37. The lowest BCUT2D eigenvalue weighted by Crippen LogP contribution is -2.68. The molecule has 4 heteroatoms. The fraction of sp³-hybridized carbons (Fsp3) is 1.00. The Balaban J connectivity index is 4.30. The Morgan fingerprint density at radius 3 is 1.58 bits per heavy atom. The van der Waals surface area contributed by atoms with Gasteiger partial charge in [0.2, 0.25) is 0 Å². The molecule has 0 aromatic heterocycles. The fourth-order valence-electron chi connectivity index (χ4n) is 1.33. The van der Waals surface area contributed by atoms with E-state index in [0.29, 0.717) is 0 Å². The van der Waals surface area contributed by atoms with Crippen molar-refractivity contribution in [3.05, 3.63) is 0 Å². The summed E-state index contributed by atoms with van der Waals surface area (Å²) < 4.78 is 0. The second-order valence-corrected chi connectivity index (χ2v) is 4.84. The van der Waals surface area contributed by atoms with Gasteiger partial charge in [0.15, 0.2) is 0 Å². The summed E-state index contributed by atoms with van der Waals surface area (Å²) in [6.07, 6.45) is 0. The van der Waals surface area contributed by atoms with Gasteiger partial charge < -0.3 is 0 Å². The first-order valence-electron chi connectivity index (χ1n) is 4.56. The highest BCUT2D eigenvalue weighted by atomic mass is 28.1. The van der Waals surface area contributed by atoms with Gasteiger partial charge in [0.1, 0.15) is 5.79 Å². The van der Waals surface area contributed by atoms with Crippen LogP contribution < -0.4 is 16.0 Å². The largest absolute Gasteiger partial charge is 0.290 e. The summed E-state index contributed by atoms with van der Waals surface area (Å²) in [6, 6.07) is 1.14. The van der Waals surface area contributed by atoms with E-state index in [0.717, 1.165) is 6.04 Å². The summed E-state index contributed by atoms with van der Waals surface area (Å²) in [5, 5.41) is 10.1. The normalized spacial score (nSPS) is 13.8. The number of hydrogen-bond donors (Lipinski definition) is 3. The summed E-state index contributed by atoms with van der Waals surface area (Å²) in [5.74, 6) is -0.0789. The third-order valence-electron chi connectivity index (χ3n) is 1.97. The van der Waals surface area contributed by atoms with Crippen molar-refractivity contribution in [1.29, 1.82) is 0 Å². The average Bonchev–Trinajstić information content (AvgIpc) is 1.99. The molecule has 0 heterocycles. The molecule has 0 radical (unpaired) electrons. The smallest absolute Gasteiger partial charge is 0.120 e. The summed E-state index contributed by atoms with van der Waals surface area (Å²) in [4.78, 5) is 0. The molecule has 0 amide bonds. The molecular formula is C8H23N3Si. The summed E-state index contributed by atoms with van der Waals surface area (Å²) >= 11 is 0. The van der Waals surface area contributed by atoms with Gasteiger partial charge in [-0.05, 0) is 40.9 Å². The highest BCUT2D eigenvalue weighted by molar-refractivity contribution is 6.09. The lowest BCUT2D eigenvalue weighted by molar-refractivity contribution is 0.194. The van der Waals surface area contributed by atoms with Crippen LogP contribution in [0.15, 0.2) is 0 Å². The van der Waals surface area contributed by atoms with Crippen LogP contribution in [0, 0.1) is 0 Å². The van der Waals surface area contributed by atoms with Gasteiger partial charge in [0.25, 0.3) is 0 Å². The van der Waals surface area contributed by atoms with Gasteiger partial charge in [-0.1, -0.05) is 0 Å². The molecule has 0 bridgehead atoms. The molecule has 0 aromatic rings. The first-order valence-corrected chi connectivity index (χ1v) is 5.97. The Morgan fingerprint density at radius 1 is 1.08 bits per heavy atom. The Morgan fingerprint density at radius 2 is 1.50 bits per heavy atom. The third-order valence-corrected chi connectivity index (χ3v) is 3.03. The number of hydrogen-bond acceptors (Lipinski definition) is 3. The summed E-state index contributed by atoms with van der Waals surface area (Å²) in [5.41, 5.74) is 0.135. The van der Waals surface area contributed by atoms with E-state index in [2.05, 4.69) is 36.7 Å². The average molecular weight is 189 g/mol. The van der Waals surface area contributed by atoms with E-state index < -0.39 is 0 Å². The number of nitrogens with one attached hydrogen (secondary N) is 3. The first-order chi connectivity index (χ1) is 5.39. The minimum atomic E-state index is -0.0789. The van der Waals surface area contributed by atoms with E-state index in [1.165, 1.54) is 10.2 Å². The molecule has 3 nitrogen and oxygen atoms in total. The van der Waals surface area contributed by atoms with Crippen molar-refractivity contribution >= 4 is 10.2 Å². The molecule has 0 aliphatic rings. The van der Waals surface area contributed by atoms with Crippen LogP contribution in [0.3, 0.4) is 0 Å². The van der Waals surface area contributed by atoms with Crippen molar-refractivity contribution in [1.82, 2.24) is 16.0 Å². The minimum absolute atomic E-state index is 0.0789. The van der Waals surface area contributed by atoms with Crippen LogP contribution in [0.1, 0.15) is 20.8 Å².